The highest BCUT2D eigenvalue weighted by Crippen LogP contribution is 2.41. The van der Waals surface area contributed by atoms with Crippen molar-refractivity contribution in [3.8, 4) is 6.07 Å². The summed E-state index contributed by atoms with van der Waals surface area (Å²) in [5.41, 5.74) is 2.09. The van der Waals surface area contributed by atoms with Crippen LogP contribution in [0, 0.1) is 21.4 Å². The number of ketones is 1. The van der Waals surface area contributed by atoms with E-state index in [1.165, 1.54) is 30.8 Å². The number of nitriles is 1. The summed E-state index contributed by atoms with van der Waals surface area (Å²) < 4.78 is 0. The molecule has 6 nitrogen and oxygen atoms in total. The van der Waals surface area contributed by atoms with E-state index in [4.69, 9.17) is 0 Å². The first-order valence-electron chi connectivity index (χ1n) is 7.90. The molecular formula is C18H19N3O3S. The minimum Gasteiger partial charge on any atom is -0.353 e. The molecule has 1 aliphatic rings. The number of hydrogen-bond donors (Lipinski definition) is 1. The molecule has 0 spiro atoms. The molecule has 1 atom stereocenters. The van der Waals surface area contributed by atoms with Gasteiger partial charge in [-0.2, -0.15) is 5.26 Å². The normalized spacial score (nSPS) is 17.1. The van der Waals surface area contributed by atoms with Crippen molar-refractivity contribution >= 4 is 23.2 Å². The van der Waals surface area contributed by atoms with Gasteiger partial charge in [-0.25, -0.2) is 0 Å². The number of dihydropyridines is 1. The lowest BCUT2D eigenvalue weighted by atomic mass is 9.81. The van der Waals surface area contributed by atoms with E-state index in [9.17, 15) is 20.2 Å². The maximum absolute atomic E-state index is 12.2. The maximum atomic E-state index is 12.2. The van der Waals surface area contributed by atoms with Crippen molar-refractivity contribution in [3.63, 3.8) is 0 Å². The molecule has 1 aromatic rings. The van der Waals surface area contributed by atoms with Gasteiger partial charge in [-0.1, -0.05) is 19.1 Å². The zero-order valence-corrected chi connectivity index (χ0v) is 15.1. The van der Waals surface area contributed by atoms with Crippen molar-refractivity contribution in [1.82, 2.24) is 5.32 Å². The van der Waals surface area contributed by atoms with Crippen molar-refractivity contribution in [1.29, 1.82) is 5.26 Å². The third-order valence-corrected chi connectivity index (χ3v) is 5.11. The molecule has 0 radical (unpaired) electrons. The Hall–Kier alpha value is -2.59. The largest absolute Gasteiger partial charge is 0.353 e. The molecule has 130 valence electrons. The Morgan fingerprint density at radius 3 is 2.76 bits per heavy atom. The van der Waals surface area contributed by atoms with E-state index in [0.29, 0.717) is 27.4 Å². The maximum Gasteiger partial charge on any atom is 0.269 e. The molecule has 0 saturated carbocycles. The summed E-state index contributed by atoms with van der Waals surface area (Å²) in [6.45, 7) is 5.29. The number of carbonyl (C=O) groups excluding carboxylic acids is 1. The van der Waals surface area contributed by atoms with Crippen molar-refractivity contribution in [3.05, 3.63) is 61.8 Å². The lowest BCUT2D eigenvalue weighted by Crippen LogP contribution is -2.27. The Labute approximate surface area is 150 Å². The summed E-state index contributed by atoms with van der Waals surface area (Å²) in [6.07, 6.45) is 0.943. The summed E-state index contributed by atoms with van der Waals surface area (Å²) in [6, 6.07) is 8.34. The van der Waals surface area contributed by atoms with Crippen LogP contribution in [0.25, 0.3) is 0 Å². The molecule has 0 saturated heterocycles. The topological polar surface area (TPSA) is 96.0 Å². The van der Waals surface area contributed by atoms with E-state index in [1.54, 1.807) is 19.1 Å². The smallest absolute Gasteiger partial charge is 0.269 e. The molecule has 0 aromatic heterocycles. The second-order valence-electron chi connectivity index (χ2n) is 5.71. The van der Waals surface area contributed by atoms with Gasteiger partial charge in [0, 0.05) is 23.4 Å². The van der Waals surface area contributed by atoms with Gasteiger partial charge >= 0.3 is 0 Å². The molecule has 7 heteroatoms. The Kier molecular flexibility index (Phi) is 5.99. The highest BCUT2D eigenvalue weighted by molar-refractivity contribution is 8.03. The predicted octanol–water partition coefficient (Wildman–Crippen LogP) is 4.02. The zero-order valence-electron chi connectivity index (χ0n) is 14.3. The van der Waals surface area contributed by atoms with Gasteiger partial charge in [0.05, 0.1) is 27.5 Å². The molecule has 25 heavy (non-hydrogen) atoms. The van der Waals surface area contributed by atoms with Crippen LogP contribution in [0.5, 0.6) is 0 Å². The summed E-state index contributed by atoms with van der Waals surface area (Å²) in [5, 5.41) is 24.7. The van der Waals surface area contributed by atoms with E-state index >= 15 is 0 Å². The number of allylic oxidation sites excluding steroid dienone is 3. The van der Waals surface area contributed by atoms with Crippen LogP contribution in [-0.4, -0.2) is 16.5 Å². The van der Waals surface area contributed by atoms with E-state index in [-0.39, 0.29) is 11.5 Å². The number of nitrogens with one attached hydrogen (secondary N) is 1. The van der Waals surface area contributed by atoms with Gasteiger partial charge in [0.25, 0.3) is 5.69 Å². The van der Waals surface area contributed by atoms with Gasteiger partial charge in [0.15, 0.2) is 5.78 Å². The van der Waals surface area contributed by atoms with Crippen LogP contribution < -0.4 is 5.32 Å². The number of nitrogens with zero attached hydrogens (tertiary/aromatic N) is 2. The number of carbonyl (C=O) groups is 1. The van der Waals surface area contributed by atoms with E-state index in [0.717, 1.165) is 12.2 Å². The summed E-state index contributed by atoms with van der Waals surface area (Å²) in [5.74, 6) is 0.0782. The summed E-state index contributed by atoms with van der Waals surface area (Å²) >= 11 is 1.52. The molecule has 2 rings (SSSR count). The van der Waals surface area contributed by atoms with Crippen LogP contribution in [-0.2, 0) is 4.79 Å². The van der Waals surface area contributed by atoms with Crippen LogP contribution in [0.4, 0.5) is 5.69 Å². The highest BCUT2D eigenvalue weighted by Gasteiger charge is 2.33. The van der Waals surface area contributed by atoms with Crippen LogP contribution in [0.15, 0.2) is 46.1 Å². The highest BCUT2D eigenvalue weighted by atomic mass is 32.2. The Bertz CT molecular complexity index is 821. The van der Waals surface area contributed by atoms with Crippen molar-refractivity contribution in [2.75, 3.05) is 5.75 Å². The minimum atomic E-state index is -0.594. The van der Waals surface area contributed by atoms with Crippen LogP contribution in [0.1, 0.15) is 38.7 Å². The van der Waals surface area contributed by atoms with Gasteiger partial charge in [0.1, 0.15) is 0 Å². The van der Waals surface area contributed by atoms with Crippen molar-refractivity contribution in [2.24, 2.45) is 0 Å². The van der Waals surface area contributed by atoms with E-state index < -0.39 is 10.8 Å². The van der Waals surface area contributed by atoms with Crippen LogP contribution >= 0.6 is 11.8 Å². The van der Waals surface area contributed by atoms with E-state index in [2.05, 4.69) is 11.4 Å². The summed E-state index contributed by atoms with van der Waals surface area (Å²) in [4.78, 5) is 22.9. The number of thioether (sulfide) groups is 1. The number of Topliss-reactive ketones (excluding diaryl/α,β-unsaturated/α-hetero) is 1. The standard InChI is InChI=1S/C18H19N3O3S/c1-4-8-25-18-15(10-19)17(16(12(3)22)11(2)20-18)13-6-5-7-14(9-13)21(23)24/h5-7,9,17,20H,4,8H2,1-3H3. The molecule has 0 fully saturated rings. The number of benzene rings is 1. The van der Waals surface area contributed by atoms with Crippen molar-refractivity contribution < 1.29 is 9.72 Å². The average molecular weight is 357 g/mol. The molecule has 1 aromatic carbocycles. The minimum absolute atomic E-state index is 0.0587. The Morgan fingerprint density at radius 1 is 1.48 bits per heavy atom. The SMILES string of the molecule is CCCSC1=C(C#N)C(c2cccc([N+](=O)[O-])c2)C(C(C)=O)=C(C)N1. The van der Waals surface area contributed by atoms with Gasteiger partial charge < -0.3 is 5.32 Å². The predicted molar refractivity (Wildman–Crippen MR) is 97.7 cm³/mol. The fraction of sp³-hybridized carbons (Fsp3) is 0.333. The second-order valence-corrected chi connectivity index (χ2v) is 6.81. The van der Waals surface area contributed by atoms with Gasteiger partial charge in [-0.3, -0.25) is 14.9 Å². The fourth-order valence-corrected chi connectivity index (χ4v) is 3.80. The molecule has 1 unspecified atom stereocenters. The average Bonchev–Trinajstić information content (AvgIpc) is 2.58. The first-order chi connectivity index (χ1) is 11.9. The fourth-order valence-electron chi connectivity index (χ4n) is 2.85. The number of rotatable bonds is 6. The molecule has 0 aliphatic carbocycles. The molecule has 1 heterocycles. The van der Waals surface area contributed by atoms with Gasteiger partial charge in [-0.15, -0.1) is 11.8 Å². The Morgan fingerprint density at radius 2 is 2.20 bits per heavy atom. The molecular weight excluding hydrogens is 338 g/mol. The first kappa shape index (κ1) is 18.7. The molecule has 0 amide bonds. The summed E-state index contributed by atoms with van der Waals surface area (Å²) in [7, 11) is 0. The quantitative estimate of drug-likeness (QED) is 0.610. The lowest BCUT2D eigenvalue weighted by Gasteiger charge is -2.29. The van der Waals surface area contributed by atoms with Crippen LogP contribution in [0.2, 0.25) is 0 Å². The number of non-ortho nitro benzene ring substituents is 1. The molecule has 0 bridgehead atoms. The lowest BCUT2D eigenvalue weighted by molar-refractivity contribution is -0.384. The van der Waals surface area contributed by atoms with Gasteiger partial charge in [0.2, 0.25) is 0 Å². The van der Waals surface area contributed by atoms with Crippen LogP contribution in [0.3, 0.4) is 0 Å². The first-order valence-corrected chi connectivity index (χ1v) is 8.89. The van der Waals surface area contributed by atoms with Gasteiger partial charge in [-0.05, 0) is 31.6 Å². The van der Waals surface area contributed by atoms with Crippen molar-refractivity contribution in [2.45, 2.75) is 33.1 Å². The number of hydrogen-bond acceptors (Lipinski definition) is 6. The Balaban J connectivity index is 2.65. The number of nitro groups is 1. The molecule has 1 aliphatic heterocycles. The number of nitro benzene ring substituents is 1. The zero-order chi connectivity index (χ0) is 18.6. The third kappa shape index (κ3) is 3.91. The monoisotopic (exact) mass is 357 g/mol. The molecule has 1 N–H and O–H groups in total. The second kappa shape index (κ2) is 7.99. The van der Waals surface area contributed by atoms with E-state index in [1.807, 2.05) is 6.92 Å². The third-order valence-electron chi connectivity index (χ3n) is 3.89.